The van der Waals surface area contributed by atoms with Gasteiger partial charge in [-0.1, -0.05) is 12.2 Å². The van der Waals surface area contributed by atoms with Gasteiger partial charge < -0.3 is 25.0 Å². The van der Waals surface area contributed by atoms with Crippen molar-refractivity contribution in [2.45, 2.75) is 12.8 Å². The van der Waals surface area contributed by atoms with Crippen molar-refractivity contribution in [1.82, 2.24) is 15.5 Å². The van der Waals surface area contributed by atoms with Crippen LogP contribution in [-0.4, -0.2) is 70.8 Å². The van der Waals surface area contributed by atoms with Crippen LogP contribution in [0.3, 0.4) is 0 Å². The Morgan fingerprint density at radius 2 is 2.00 bits per heavy atom. The van der Waals surface area contributed by atoms with Gasteiger partial charge in [0.2, 0.25) is 5.91 Å². The zero-order chi connectivity index (χ0) is 18.8. The van der Waals surface area contributed by atoms with E-state index in [0.717, 1.165) is 13.0 Å². The SMILES string of the molecule is CNC(=O)C1CC=CC(C(=O)OC)C1COC(=O)NCCCN(C)C. The Balaban J connectivity index is 2.62. The van der Waals surface area contributed by atoms with Crippen molar-refractivity contribution < 1.29 is 23.9 Å². The molecule has 3 unspecified atom stereocenters. The fraction of sp³-hybridized carbons (Fsp3) is 0.706. The number of carbonyl (C=O) groups excluding carboxylic acids is 3. The Labute approximate surface area is 148 Å². The number of carbonyl (C=O) groups is 3. The van der Waals surface area contributed by atoms with Gasteiger partial charge in [0, 0.05) is 25.4 Å². The van der Waals surface area contributed by atoms with Crippen LogP contribution in [0.15, 0.2) is 12.2 Å². The third-order valence-corrected chi connectivity index (χ3v) is 4.23. The van der Waals surface area contributed by atoms with Crippen molar-refractivity contribution in [3.63, 3.8) is 0 Å². The number of alkyl carbamates (subject to hydrolysis) is 1. The van der Waals surface area contributed by atoms with Crippen LogP contribution in [0.1, 0.15) is 12.8 Å². The highest BCUT2D eigenvalue weighted by molar-refractivity contribution is 5.82. The molecule has 8 heteroatoms. The number of nitrogens with zero attached hydrogens (tertiary/aromatic N) is 1. The maximum Gasteiger partial charge on any atom is 0.407 e. The first-order valence-electron chi connectivity index (χ1n) is 8.42. The molecule has 0 saturated heterocycles. The molecule has 0 heterocycles. The molecule has 0 bridgehead atoms. The summed E-state index contributed by atoms with van der Waals surface area (Å²) in [6, 6.07) is 0. The molecule has 2 N–H and O–H groups in total. The number of nitrogens with one attached hydrogen (secondary N) is 2. The zero-order valence-electron chi connectivity index (χ0n) is 15.4. The molecule has 0 aromatic rings. The number of amides is 2. The van der Waals surface area contributed by atoms with Gasteiger partial charge in [-0.25, -0.2) is 4.79 Å². The normalized spacial score (nSPS) is 22.4. The van der Waals surface area contributed by atoms with Crippen LogP contribution in [0.5, 0.6) is 0 Å². The quantitative estimate of drug-likeness (QED) is 0.371. The second-order valence-corrected chi connectivity index (χ2v) is 6.28. The highest BCUT2D eigenvalue weighted by Gasteiger charge is 2.39. The second kappa shape index (κ2) is 10.7. The molecule has 142 valence electrons. The first-order valence-corrected chi connectivity index (χ1v) is 8.42. The van der Waals surface area contributed by atoms with E-state index in [0.29, 0.717) is 13.0 Å². The molecule has 0 saturated carbocycles. The van der Waals surface area contributed by atoms with Gasteiger partial charge in [0.05, 0.1) is 19.6 Å². The molecular weight excluding hydrogens is 326 g/mol. The van der Waals surface area contributed by atoms with Crippen molar-refractivity contribution in [2.24, 2.45) is 17.8 Å². The van der Waals surface area contributed by atoms with Crippen LogP contribution in [0.4, 0.5) is 4.79 Å². The van der Waals surface area contributed by atoms with E-state index in [-0.39, 0.29) is 12.5 Å². The number of hydrogen-bond acceptors (Lipinski definition) is 6. The topological polar surface area (TPSA) is 97.0 Å². The minimum absolute atomic E-state index is 0.0261. The highest BCUT2D eigenvalue weighted by atomic mass is 16.5. The lowest BCUT2D eigenvalue weighted by atomic mass is 9.75. The van der Waals surface area contributed by atoms with Gasteiger partial charge in [0.15, 0.2) is 0 Å². The van der Waals surface area contributed by atoms with Crippen LogP contribution >= 0.6 is 0 Å². The Bertz CT molecular complexity index is 493. The minimum atomic E-state index is -0.609. The summed E-state index contributed by atoms with van der Waals surface area (Å²) in [5.41, 5.74) is 0. The van der Waals surface area contributed by atoms with Crippen molar-refractivity contribution in [3.05, 3.63) is 12.2 Å². The number of rotatable bonds is 8. The molecule has 0 fully saturated rings. The third kappa shape index (κ3) is 6.74. The van der Waals surface area contributed by atoms with Gasteiger partial charge in [-0.05, 0) is 33.5 Å². The lowest BCUT2D eigenvalue weighted by molar-refractivity contribution is -0.148. The first-order chi connectivity index (χ1) is 11.9. The molecule has 25 heavy (non-hydrogen) atoms. The molecule has 0 aromatic carbocycles. The van der Waals surface area contributed by atoms with Gasteiger partial charge in [-0.15, -0.1) is 0 Å². The molecule has 1 rings (SSSR count). The maximum absolute atomic E-state index is 12.1. The van der Waals surface area contributed by atoms with Gasteiger partial charge in [0.25, 0.3) is 0 Å². The van der Waals surface area contributed by atoms with Gasteiger partial charge >= 0.3 is 12.1 Å². The largest absolute Gasteiger partial charge is 0.469 e. The van der Waals surface area contributed by atoms with E-state index in [9.17, 15) is 14.4 Å². The summed E-state index contributed by atoms with van der Waals surface area (Å²) in [4.78, 5) is 37.9. The first kappa shape index (κ1) is 21.0. The van der Waals surface area contributed by atoms with Crippen molar-refractivity contribution in [3.8, 4) is 0 Å². The Morgan fingerprint density at radius 1 is 1.28 bits per heavy atom. The van der Waals surface area contributed by atoms with E-state index in [1.165, 1.54) is 7.11 Å². The zero-order valence-corrected chi connectivity index (χ0v) is 15.4. The number of ether oxygens (including phenoxy) is 2. The van der Waals surface area contributed by atoms with Gasteiger partial charge in [0.1, 0.15) is 0 Å². The van der Waals surface area contributed by atoms with Crippen LogP contribution in [0.2, 0.25) is 0 Å². The maximum atomic E-state index is 12.1. The molecule has 0 aromatic heterocycles. The molecule has 8 nitrogen and oxygen atoms in total. The van der Waals surface area contributed by atoms with Crippen LogP contribution in [-0.2, 0) is 19.1 Å². The highest BCUT2D eigenvalue weighted by Crippen LogP contribution is 2.32. The summed E-state index contributed by atoms with van der Waals surface area (Å²) >= 11 is 0. The Kier molecular flexibility index (Phi) is 8.98. The predicted molar refractivity (Wildman–Crippen MR) is 92.8 cm³/mol. The summed E-state index contributed by atoms with van der Waals surface area (Å²) in [5, 5.41) is 5.27. The smallest absolute Gasteiger partial charge is 0.407 e. The van der Waals surface area contributed by atoms with E-state index >= 15 is 0 Å². The van der Waals surface area contributed by atoms with Crippen LogP contribution in [0, 0.1) is 17.8 Å². The molecule has 0 spiro atoms. The molecule has 0 radical (unpaired) electrons. The number of methoxy groups -OCH3 is 1. The number of esters is 1. The summed E-state index contributed by atoms with van der Waals surface area (Å²) in [5.74, 6) is -2.13. The van der Waals surface area contributed by atoms with E-state index in [1.807, 2.05) is 19.0 Å². The van der Waals surface area contributed by atoms with Gasteiger partial charge in [-0.3, -0.25) is 9.59 Å². The van der Waals surface area contributed by atoms with Crippen molar-refractivity contribution in [1.29, 1.82) is 0 Å². The van der Waals surface area contributed by atoms with Gasteiger partial charge in [-0.2, -0.15) is 0 Å². The second-order valence-electron chi connectivity index (χ2n) is 6.28. The Hall–Kier alpha value is -2.09. The van der Waals surface area contributed by atoms with E-state index in [1.54, 1.807) is 19.2 Å². The molecular formula is C17H29N3O5. The molecule has 2 amide bonds. The molecule has 0 aliphatic heterocycles. The lowest BCUT2D eigenvalue weighted by Gasteiger charge is -2.31. The molecule has 1 aliphatic rings. The summed E-state index contributed by atoms with van der Waals surface area (Å²) < 4.78 is 10.1. The standard InChI is InChI=1S/C17H29N3O5/c1-18-15(21)12-7-5-8-13(16(22)24-4)14(12)11-25-17(23)19-9-6-10-20(2)3/h5,8,12-14H,6-7,9-11H2,1-4H3,(H,18,21)(H,19,23). The van der Waals surface area contributed by atoms with Crippen molar-refractivity contribution >= 4 is 18.0 Å². The number of hydrogen-bond donors (Lipinski definition) is 2. The van der Waals surface area contributed by atoms with Crippen LogP contribution < -0.4 is 10.6 Å². The lowest BCUT2D eigenvalue weighted by Crippen LogP contribution is -2.43. The van der Waals surface area contributed by atoms with E-state index in [4.69, 9.17) is 9.47 Å². The number of allylic oxidation sites excluding steroid dienone is 1. The fourth-order valence-corrected chi connectivity index (χ4v) is 2.84. The monoisotopic (exact) mass is 355 g/mol. The van der Waals surface area contributed by atoms with E-state index in [2.05, 4.69) is 10.6 Å². The fourth-order valence-electron chi connectivity index (χ4n) is 2.84. The Morgan fingerprint density at radius 3 is 2.60 bits per heavy atom. The minimum Gasteiger partial charge on any atom is -0.469 e. The molecule has 1 aliphatic carbocycles. The van der Waals surface area contributed by atoms with Crippen LogP contribution in [0.25, 0.3) is 0 Å². The average Bonchev–Trinajstić information content (AvgIpc) is 2.61. The predicted octanol–water partition coefficient (Wildman–Crippen LogP) is 0.392. The summed E-state index contributed by atoms with van der Waals surface area (Å²) in [6.45, 7) is 1.33. The summed E-state index contributed by atoms with van der Waals surface area (Å²) in [6.07, 6.45) is 4.26. The third-order valence-electron chi connectivity index (χ3n) is 4.23. The average molecular weight is 355 g/mol. The summed E-state index contributed by atoms with van der Waals surface area (Å²) in [7, 11) is 6.76. The van der Waals surface area contributed by atoms with E-state index < -0.39 is 29.8 Å². The van der Waals surface area contributed by atoms with Crippen molar-refractivity contribution in [2.75, 3.05) is 47.9 Å². The molecule has 3 atom stereocenters.